The van der Waals surface area contributed by atoms with Crippen LogP contribution in [-0.2, 0) is 16.0 Å². The number of carbonyl (C=O) groups is 2. The Morgan fingerprint density at radius 3 is 2.70 bits per heavy atom. The summed E-state index contributed by atoms with van der Waals surface area (Å²) in [7, 11) is 1.41. The van der Waals surface area contributed by atoms with Crippen LogP contribution >= 0.6 is 11.8 Å². The molecule has 140 valence electrons. The van der Waals surface area contributed by atoms with Gasteiger partial charge < -0.3 is 9.64 Å². The van der Waals surface area contributed by atoms with Gasteiger partial charge >= 0.3 is 5.97 Å². The molecule has 1 amide bonds. The largest absolute Gasteiger partial charge is 0.469 e. The first kappa shape index (κ1) is 18.1. The molecule has 4 nitrogen and oxygen atoms in total. The van der Waals surface area contributed by atoms with Crippen LogP contribution in [0.25, 0.3) is 0 Å². The van der Waals surface area contributed by atoms with Crippen molar-refractivity contribution in [2.75, 3.05) is 12.9 Å². The van der Waals surface area contributed by atoms with Gasteiger partial charge in [0.2, 0.25) is 0 Å². The molecule has 0 spiro atoms. The van der Waals surface area contributed by atoms with Gasteiger partial charge in [-0.05, 0) is 42.0 Å². The summed E-state index contributed by atoms with van der Waals surface area (Å²) in [5.74, 6) is 0.515. The lowest BCUT2D eigenvalue weighted by Gasteiger charge is -2.37. The Balaban J connectivity index is 1.66. The Kier molecular flexibility index (Phi) is 5.21. The minimum absolute atomic E-state index is 0.0606. The van der Waals surface area contributed by atoms with E-state index in [0.29, 0.717) is 12.2 Å². The number of rotatable bonds is 5. The molecule has 27 heavy (non-hydrogen) atoms. The zero-order valence-corrected chi connectivity index (χ0v) is 16.2. The van der Waals surface area contributed by atoms with E-state index < -0.39 is 0 Å². The fourth-order valence-corrected chi connectivity index (χ4v) is 5.45. The van der Waals surface area contributed by atoms with Crippen molar-refractivity contribution in [3.63, 3.8) is 0 Å². The highest BCUT2D eigenvalue weighted by molar-refractivity contribution is 7.99. The predicted octanol–water partition coefficient (Wildman–Crippen LogP) is 4.51. The average molecular weight is 381 g/mol. The van der Waals surface area contributed by atoms with Crippen molar-refractivity contribution in [2.45, 2.75) is 37.1 Å². The fraction of sp³-hybridized carbons (Fsp3) is 0.364. The third-order valence-electron chi connectivity index (χ3n) is 5.43. The molecule has 4 rings (SSSR count). The average Bonchev–Trinajstić information content (AvgIpc) is 2.99. The smallest absolute Gasteiger partial charge is 0.306 e. The molecule has 0 fully saturated rings. The van der Waals surface area contributed by atoms with Crippen LogP contribution in [0.2, 0.25) is 0 Å². The molecule has 1 aliphatic carbocycles. The number of methoxy groups -OCH3 is 1. The third-order valence-corrected chi connectivity index (χ3v) is 6.66. The van der Waals surface area contributed by atoms with Crippen molar-refractivity contribution in [2.24, 2.45) is 0 Å². The first-order valence-electron chi connectivity index (χ1n) is 9.38. The van der Waals surface area contributed by atoms with Crippen LogP contribution in [0.15, 0.2) is 48.5 Å². The molecule has 1 aliphatic heterocycles. The van der Waals surface area contributed by atoms with Gasteiger partial charge in [-0.2, -0.15) is 0 Å². The van der Waals surface area contributed by atoms with E-state index in [4.69, 9.17) is 4.74 Å². The van der Waals surface area contributed by atoms with Crippen LogP contribution < -0.4 is 0 Å². The van der Waals surface area contributed by atoms with Crippen molar-refractivity contribution in [3.05, 3.63) is 70.8 Å². The molecule has 2 atom stereocenters. The molecule has 0 radical (unpaired) electrons. The summed E-state index contributed by atoms with van der Waals surface area (Å²) in [6, 6.07) is 16.4. The van der Waals surface area contributed by atoms with Gasteiger partial charge in [0.25, 0.3) is 5.91 Å². The Hall–Kier alpha value is -2.27. The lowest BCUT2D eigenvalue weighted by Crippen LogP contribution is -2.33. The fourth-order valence-electron chi connectivity index (χ4n) is 4.15. The van der Waals surface area contributed by atoms with E-state index in [2.05, 4.69) is 24.3 Å². The molecular formula is C22H23NO3S. The molecule has 0 unspecified atom stereocenters. The van der Waals surface area contributed by atoms with E-state index in [1.165, 1.54) is 18.2 Å². The normalized spacial score (nSPS) is 20.9. The van der Waals surface area contributed by atoms with Crippen molar-refractivity contribution < 1.29 is 14.3 Å². The third kappa shape index (κ3) is 3.36. The number of hydrogen-bond acceptors (Lipinski definition) is 4. The van der Waals surface area contributed by atoms with Crippen molar-refractivity contribution in [1.29, 1.82) is 0 Å². The SMILES string of the molecule is COC(=O)CCS[C@@H]1c2ccccc2C(=O)N1[C@H]1CCCc2ccccc21. The van der Waals surface area contributed by atoms with Gasteiger partial charge in [0.15, 0.2) is 0 Å². The first-order valence-corrected chi connectivity index (χ1v) is 10.4. The summed E-state index contributed by atoms with van der Waals surface area (Å²) in [4.78, 5) is 26.9. The van der Waals surface area contributed by atoms with Crippen molar-refractivity contribution in [3.8, 4) is 0 Å². The number of esters is 1. The summed E-state index contributed by atoms with van der Waals surface area (Å²) in [6.45, 7) is 0. The second kappa shape index (κ2) is 7.77. The Labute approximate surface area is 163 Å². The highest BCUT2D eigenvalue weighted by Crippen LogP contribution is 2.48. The monoisotopic (exact) mass is 381 g/mol. The van der Waals surface area contributed by atoms with Crippen molar-refractivity contribution in [1.82, 2.24) is 4.90 Å². The topological polar surface area (TPSA) is 46.6 Å². The van der Waals surface area contributed by atoms with E-state index in [-0.39, 0.29) is 23.3 Å². The second-order valence-electron chi connectivity index (χ2n) is 6.96. The molecule has 0 N–H and O–H groups in total. The van der Waals surface area contributed by atoms with Crippen LogP contribution in [-0.4, -0.2) is 29.6 Å². The van der Waals surface area contributed by atoms with Crippen LogP contribution in [0.5, 0.6) is 0 Å². The second-order valence-corrected chi connectivity index (χ2v) is 8.14. The molecule has 1 heterocycles. The maximum absolute atomic E-state index is 13.3. The number of amides is 1. The number of nitrogens with zero attached hydrogens (tertiary/aromatic N) is 1. The predicted molar refractivity (Wildman–Crippen MR) is 107 cm³/mol. The maximum Gasteiger partial charge on any atom is 0.306 e. The molecule has 0 saturated carbocycles. The Morgan fingerprint density at radius 1 is 1.15 bits per heavy atom. The summed E-state index contributed by atoms with van der Waals surface area (Å²) in [6.07, 6.45) is 3.48. The van der Waals surface area contributed by atoms with E-state index in [9.17, 15) is 9.59 Å². The number of ether oxygens (including phenoxy) is 1. The highest BCUT2D eigenvalue weighted by Gasteiger charge is 2.42. The highest BCUT2D eigenvalue weighted by atomic mass is 32.2. The standard InChI is InChI=1S/C22H23NO3S/c1-26-20(24)13-14-27-22-18-11-5-4-10-17(18)21(25)23(22)19-12-6-8-15-7-2-3-9-16(15)19/h2-5,7,9-11,19,22H,6,8,12-14H2,1H3/t19-,22+/m0/s1. The number of hydrogen-bond donors (Lipinski definition) is 0. The number of carbonyl (C=O) groups excluding carboxylic acids is 2. The van der Waals surface area contributed by atoms with Gasteiger partial charge in [0, 0.05) is 11.3 Å². The zero-order valence-electron chi connectivity index (χ0n) is 15.4. The summed E-state index contributed by atoms with van der Waals surface area (Å²) >= 11 is 1.65. The summed E-state index contributed by atoms with van der Waals surface area (Å²) in [5, 5.41) is -0.0606. The Bertz CT molecular complexity index is 866. The lowest BCUT2D eigenvalue weighted by atomic mass is 9.87. The van der Waals surface area contributed by atoms with Crippen LogP contribution in [0.3, 0.4) is 0 Å². The molecule has 0 aromatic heterocycles. The molecule has 5 heteroatoms. The Morgan fingerprint density at radius 2 is 1.89 bits per heavy atom. The van der Waals surface area contributed by atoms with Crippen LogP contribution in [0.4, 0.5) is 0 Å². The molecule has 2 aromatic carbocycles. The van der Waals surface area contributed by atoms with E-state index >= 15 is 0 Å². The van der Waals surface area contributed by atoms with Crippen molar-refractivity contribution >= 4 is 23.6 Å². The van der Waals surface area contributed by atoms with E-state index in [0.717, 1.165) is 30.4 Å². The van der Waals surface area contributed by atoms with Gasteiger partial charge in [-0.3, -0.25) is 9.59 Å². The zero-order chi connectivity index (χ0) is 18.8. The summed E-state index contributed by atoms with van der Waals surface area (Å²) in [5.41, 5.74) is 4.45. The number of thioether (sulfide) groups is 1. The van der Waals surface area contributed by atoms with Gasteiger partial charge in [-0.25, -0.2) is 0 Å². The molecule has 0 saturated heterocycles. The van der Waals surface area contributed by atoms with Crippen LogP contribution in [0.1, 0.15) is 57.7 Å². The van der Waals surface area contributed by atoms with E-state index in [1.54, 1.807) is 11.8 Å². The van der Waals surface area contributed by atoms with E-state index in [1.807, 2.05) is 29.2 Å². The quantitative estimate of drug-likeness (QED) is 0.715. The first-order chi connectivity index (χ1) is 13.2. The molecule has 2 aromatic rings. The number of fused-ring (bicyclic) bond motifs is 2. The van der Waals surface area contributed by atoms with Gasteiger partial charge in [-0.15, -0.1) is 11.8 Å². The summed E-state index contributed by atoms with van der Waals surface area (Å²) < 4.78 is 4.76. The number of aryl methyl sites for hydroxylation is 1. The van der Waals surface area contributed by atoms with Gasteiger partial charge in [0.05, 0.1) is 19.6 Å². The molecule has 2 aliphatic rings. The molecular weight excluding hydrogens is 358 g/mol. The maximum atomic E-state index is 13.3. The number of benzene rings is 2. The minimum Gasteiger partial charge on any atom is -0.469 e. The lowest BCUT2D eigenvalue weighted by molar-refractivity contribution is -0.140. The molecule has 0 bridgehead atoms. The van der Waals surface area contributed by atoms with Crippen LogP contribution in [0, 0.1) is 0 Å². The van der Waals surface area contributed by atoms with Gasteiger partial charge in [0.1, 0.15) is 5.37 Å². The minimum atomic E-state index is -0.213. The van der Waals surface area contributed by atoms with Gasteiger partial charge in [-0.1, -0.05) is 42.5 Å².